The summed E-state index contributed by atoms with van der Waals surface area (Å²) in [6.45, 7) is -0.174. The summed E-state index contributed by atoms with van der Waals surface area (Å²) < 4.78 is 0. The van der Waals surface area contributed by atoms with Crippen molar-refractivity contribution < 1.29 is 4.92 Å². The summed E-state index contributed by atoms with van der Waals surface area (Å²) in [4.78, 5) is 14.8. The molecule has 0 unspecified atom stereocenters. The third-order valence-corrected chi connectivity index (χ3v) is 3.00. The van der Waals surface area contributed by atoms with E-state index in [9.17, 15) is 10.1 Å². The zero-order valence-corrected chi connectivity index (χ0v) is 9.54. The van der Waals surface area contributed by atoms with Gasteiger partial charge in [-0.05, 0) is 11.5 Å². The Labute approximate surface area is 103 Å². The zero-order chi connectivity index (χ0) is 12.5. The second-order valence-electron chi connectivity index (χ2n) is 4.15. The molecule has 0 saturated carbocycles. The van der Waals surface area contributed by atoms with Gasteiger partial charge in [-0.15, -0.1) is 0 Å². The number of nitro groups is 1. The lowest BCUT2D eigenvalue weighted by atomic mass is 10.0. The van der Waals surface area contributed by atoms with Crippen LogP contribution < -0.4 is 0 Å². The summed E-state index contributed by atoms with van der Waals surface area (Å²) in [5, 5.41) is 13.6. The summed E-state index contributed by atoms with van der Waals surface area (Å²) >= 11 is 0. The number of aromatic nitrogens is 1. The molecule has 0 aliphatic heterocycles. The maximum Gasteiger partial charge on any atom is 0.229 e. The van der Waals surface area contributed by atoms with Crippen molar-refractivity contribution in [2.45, 2.75) is 6.54 Å². The van der Waals surface area contributed by atoms with Crippen molar-refractivity contribution >= 4 is 21.7 Å². The largest absolute Gasteiger partial charge is 0.264 e. The van der Waals surface area contributed by atoms with Crippen molar-refractivity contribution in [1.82, 2.24) is 4.98 Å². The van der Waals surface area contributed by atoms with E-state index < -0.39 is 0 Å². The lowest BCUT2D eigenvalue weighted by Gasteiger charge is -2.06. The SMILES string of the molecule is O=[N+]([O-])Cc1cccc2ncc3ccccc3c12. The molecule has 0 N–H and O–H groups in total. The highest BCUT2D eigenvalue weighted by Crippen LogP contribution is 2.26. The Morgan fingerprint density at radius 1 is 1.11 bits per heavy atom. The molecule has 1 aromatic heterocycles. The van der Waals surface area contributed by atoms with E-state index in [-0.39, 0.29) is 11.5 Å². The first-order valence-electron chi connectivity index (χ1n) is 5.63. The minimum atomic E-state index is -0.309. The van der Waals surface area contributed by atoms with Crippen molar-refractivity contribution in [1.29, 1.82) is 0 Å². The van der Waals surface area contributed by atoms with Gasteiger partial charge in [0.25, 0.3) is 0 Å². The zero-order valence-electron chi connectivity index (χ0n) is 9.54. The molecule has 88 valence electrons. The summed E-state index contributed by atoms with van der Waals surface area (Å²) in [6, 6.07) is 13.3. The van der Waals surface area contributed by atoms with Crippen LogP contribution in [-0.4, -0.2) is 9.91 Å². The van der Waals surface area contributed by atoms with E-state index in [1.165, 1.54) is 0 Å². The quantitative estimate of drug-likeness (QED) is 0.391. The Kier molecular flexibility index (Phi) is 2.41. The van der Waals surface area contributed by atoms with E-state index in [4.69, 9.17) is 0 Å². The third kappa shape index (κ3) is 1.68. The van der Waals surface area contributed by atoms with Gasteiger partial charge in [0.05, 0.1) is 5.52 Å². The van der Waals surface area contributed by atoms with Crippen molar-refractivity contribution in [3.05, 3.63) is 64.3 Å². The fourth-order valence-corrected chi connectivity index (χ4v) is 2.25. The van der Waals surface area contributed by atoms with Crippen LogP contribution in [0.3, 0.4) is 0 Å². The molecule has 0 fully saturated rings. The predicted octanol–water partition coefficient (Wildman–Crippen LogP) is 3.16. The predicted molar refractivity (Wildman–Crippen MR) is 69.9 cm³/mol. The van der Waals surface area contributed by atoms with Gasteiger partial charge in [-0.3, -0.25) is 15.1 Å². The summed E-state index contributed by atoms with van der Waals surface area (Å²) in [6.07, 6.45) is 1.80. The highest BCUT2D eigenvalue weighted by Gasteiger charge is 2.10. The van der Waals surface area contributed by atoms with Gasteiger partial charge in [0.15, 0.2) is 0 Å². The second-order valence-corrected chi connectivity index (χ2v) is 4.15. The number of hydrogen-bond donors (Lipinski definition) is 0. The van der Waals surface area contributed by atoms with Gasteiger partial charge in [-0.2, -0.15) is 0 Å². The van der Waals surface area contributed by atoms with Crippen LogP contribution in [0.25, 0.3) is 21.7 Å². The molecule has 3 aromatic rings. The van der Waals surface area contributed by atoms with Crippen LogP contribution in [-0.2, 0) is 6.54 Å². The highest BCUT2D eigenvalue weighted by atomic mass is 16.6. The van der Waals surface area contributed by atoms with E-state index in [0.717, 1.165) is 21.7 Å². The van der Waals surface area contributed by atoms with Gasteiger partial charge >= 0.3 is 0 Å². The normalized spacial score (nSPS) is 10.9. The van der Waals surface area contributed by atoms with Crippen LogP contribution in [0.15, 0.2) is 48.7 Å². The lowest BCUT2D eigenvalue weighted by Crippen LogP contribution is -1.99. The average Bonchev–Trinajstić information content (AvgIpc) is 2.38. The van der Waals surface area contributed by atoms with Gasteiger partial charge in [0, 0.05) is 27.5 Å². The highest BCUT2D eigenvalue weighted by molar-refractivity contribution is 6.06. The monoisotopic (exact) mass is 238 g/mol. The number of fused-ring (bicyclic) bond motifs is 3. The van der Waals surface area contributed by atoms with E-state index in [0.29, 0.717) is 5.56 Å². The fourth-order valence-electron chi connectivity index (χ4n) is 2.25. The van der Waals surface area contributed by atoms with Crippen LogP contribution in [0, 0.1) is 10.1 Å². The van der Waals surface area contributed by atoms with Gasteiger partial charge in [-0.1, -0.05) is 36.4 Å². The van der Waals surface area contributed by atoms with E-state index in [1.807, 2.05) is 36.4 Å². The van der Waals surface area contributed by atoms with E-state index in [2.05, 4.69) is 4.98 Å². The molecule has 18 heavy (non-hydrogen) atoms. The summed E-state index contributed by atoms with van der Waals surface area (Å²) in [5.74, 6) is 0. The van der Waals surface area contributed by atoms with Crippen LogP contribution in [0.2, 0.25) is 0 Å². The average molecular weight is 238 g/mol. The van der Waals surface area contributed by atoms with Crippen molar-refractivity contribution in [2.75, 3.05) is 0 Å². The Balaban J connectivity index is 2.42. The van der Waals surface area contributed by atoms with Crippen LogP contribution >= 0.6 is 0 Å². The number of benzene rings is 2. The standard InChI is InChI=1S/C14H10N2O2/c17-16(18)9-11-5-3-7-13-14(11)12-6-2-1-4-10(12)8-15-13/h1-8H,9H2. The van der Waals surface area contributed by atoms with Crippen LogP contribution in [0.4, 0.5) is 0 Å². The van der Waals surface area contributed by atoms with Crippen LogP contribution in [0.1, 0.15) is 5.56 Å². The second kappa shape index (κ2) is 4.07. The minimum Gasteiger partial charge on any atom is -0.264 e. The van der Waals surface area contributed by atoms with Crippen molar-refractivity contribution in [3.8, 4) is 0 Å². The summed E-state index contributed by atoms with van der Waals surface area (Å²) in [7, 11) is 0. The summed E-state index contributed by atoms with van der Waals surface area (Å²) in [5.41, 5.74) is 1.51. The van der Waals surface area contributed by atoms with E-state index in [1.54, 1.807) is 12.3 Å². The van der Waals surface area contributed by atoms with Gasteiger partial charge in [0.2, 0.25) is 6.54 Å². The maximum absolute atomic E-state index is 10.7. The molecule has 3 rings (SSSR count). The maximum atomic E-state index is 10.7. The Bertz CT molecular complexity index is 753. The molecule has 0 atom stereocenters. The lowest BCUT2D eigenvalue weighted by molar-refractivity contribution is -0.496. The third-order valence-electron chi connectivity index (χ3n) is 3.00. The molecule has 4 nitrogen and oxygen atoms in total. The smallest absolute Gasteiger partial charge is 0.229 e. The first-order chi connectivity index (χ1) is 8.75. The first kappa shape index (κ1) is 10.7. The Morgan fingerprint density at radius 3 is 2.78 bits per heavy atom. The minimum absolute atomic E-state index is 0.174. The molecular weight excluding hydrogens is 228 g/mol. The van der Waals surface area contributed by atoms with Crippen molar-refractivity contribution in [3.63, 3.8) is 0 Å². The number of nitrogens with zero attached hydrogens (tertiary/aromatic N) is 2. The van der Waals surface area contributed by atoms with E-state index >= 15 is 0 Å². The van der Waals surface area contributed by atoms with Gasteiger partial charge in [-0.25, -0.2) is 0 Å². The topological polar surface area (TPSA) is 56.0 Å². The Hall–Kier alpha value is -2.49. The number of hydrogen-bond acceptors (Lipinski definition) is 3. The molecule has 0 aliphatic carbocycles. The first-order valence-corrected chi connectivity index (χ1v) is 5.63. The van der Waals surface area contributed by atoms with Gasteiger partial charge < -0.3 is 0 Å². The molecule has 0 amide bonds. The molecule has 2 aromatic carbocycles. The molecule has 0 aliphatic rings. The fraction of sp³-hybridized carbons (Fsp3) is 0.0714. The van der Waals surface area contributed by atoms with Gasteiger partial charge in [0.1, 0.15) is 0 Å². The molecule has 0 bridgehead atoms. The molecular formula is C14H10N2O2. The number of rotatable bonds is 2. The van der Waals surface area contributed by atoms with Crippen LogP contribution in [0.5, 0.6) is 0 Å². The Morgan fingerprint density at radius 2 is 1.94 bits per heavy atom. The molecule has 0 spiro atoms. The molecule has 0 saturated heterocycles. The molecule has 4 heteroatoms. The van der Waals surface area contributed by atoms with Crippen molar-refractivity contribution in [2.24, 2.45) is 0 Å². The molecule has 0 radical (unpaired) electrons. The number of pyridine rings is 1. The molecule has 1 heterocycles.